The van der Waals surface area contributed by atoms with Crippen LogP contribution in [0.2, 0.25) is 0 Å². The van der Waals surface area contributed by atoms with Crippen molar-refractivity contribution >= 4 is 11.7 Å². The van der Waals surface area contributed by atoms with Crippen LogP contribution >= 0.6 is 0 Å². The summed E-state index contributed by atoms with van der Waals surface area (Å²) in [6.07, 6.45) is 0. The maximum absolute atomic E-state index is 12.1. The summed E-state index contributed by atoms with van der Waals surface area (Å²) in [5, 5.41) is 0. The average Bonchev–Trinajstić information content (AvgIpc) is 2.67. The van der Waals surface area contributed by atoms with E-state index in [-0.39, 0.29) is 5.97 Å². The first-order valence-electron chi connectivity index (χ1n) is 8.62. The fourth-order valence-electron chi connectivity index (χ4n) is 3.23. The molecule has 0 heterocycles. The molecular formula is C23H23NO2. The fourth-order valence-corrected chi connectivity index (χ4v) is 3.23. The third-order valence-corrected chi connectivity index (χ3v) is 4.45. The van der Waals surface area contributed by atoms with Crippen LogP contribution in [0.5, 0.6) is 0 Å². The van der Waals surface area contributed by atoms with Gasteiger partial charge in [-0.25, -0.2) is 0 Å². The number of ether oxygens (including phenoxy) is 1. The number of carbonyl (C=O) groups excluding carboxylic acids is 1. The summed E-state index contributed by atoms with van der Waals surface area (Å²) in [5.74, 6) is -0.325. The molecule has 3 nitrogen and oxygen atoms in total. The predicted molar refractivity (Wildman–Crippen MR) is 105 cm³/mol. The van der Waals surface area contributed by atoms with Gasteiger partial charge in [0.1, 0.15) is 0 Å². The Kier molecular flexibility index (Phi) is 5.08. The molecular weight excluding hydrogens is 322 g/mol. The molecule has 0 bridgehead atoms. The molecule has 3 aromatic carbocycles. The number of hydrogen-bond acceptors (Lipinski definition) is 3. The minimum atomic E-state index is -0.987. The van der Waals surface area contributed by atoms with Crippen molar-refractivity contribution in [3.8, 4) is 0 Å². The number of benzene rings is 3. The summed E-state index contributed by atoms with van der Waals surface area (Å²) in [7, 11) is 4.01. The highest BCUT2D eigenvalue weighted by Crippen LogP contribution is 2.41. The zero-order valence-corrected chi connectivity index (χ0v) is 15.3. The molecule has 26 heavy (non-hydrogen) atoms. The molecule has 0 radical (unpaired) electrons. The van der Waals surface area contributed by atoms with Crippen molar-refractivity contribution in [3.63, 3.8) is 0 Å². The lowest BCUT2D eigenvalue weighted by Crippen LogP contribution is -2.34. The molecule has 3 heteroatoms. The van der Waals surface area contributed by atoms with Crippen molar-refractivity contribution in [1.82, 2.24) is 0 Å². The van der Waals surface area contributed by atoms with Crippen LogP contribution in [0.1, 0.15) is 23.6 Å². The van der Waals surface area contributed by atoms with Crippen LogP contribution in [0, 0.1) is 0 Å². The first kappa shape index (κ1) is 17.7. The second-order valence-electron chi connectivity index (χ2n) is 6.45. The Bertz CT molecular complexity index is 816. The summed E-state index contributed by atoms with van der Waals surface area (Å²) < 4.78 is 6.04. The van der Waals surface area contributed by atoms with Crippen molar-refractivity contribution in [3.05, 3.63) is 102 Å². The highest BCUT2D eigenvalue weighted by molar-refractivity contribution is 5.69. The number of hydrogen-bond donors (Lipinski definition) is 0. The molecule has 0 aromatic heterocycles. The number of esters is 1. The van der Waals surface area contributed by atoms with E-state index in [1.807, 2.05) is 104 Å². The Hall–Kier alpha value is -3.07. The molecule has 0 fully saturated rings. The van der Waals surface area contributed by atoms with Gasteiger partial charge in [-0.05, 0) is 12.1 Å². The molecule has 0 saturated heterocycles. The average molecular weight is 345 g/mol. The maximum Gasteiger partial charge on any atom is 0.304 e. The summed E-state index contributed by atoms with van der Waals surface area (Å²) >= 11 is 0. The van der Waals surface area contributed by atoms with Crippen molar-refractivity contribution in [2.24, 2.45) is 0 Å². The lowest BCUT2D eigenvalue weighted by Gasteiger charge is -2.35. The zero-order chi connectivity index (χ0) is 18.6. The van der Waals surface area contributed by atoms with E-state index in [4.69, 9.17) is 4.74 Å². The van der Waals surface area contributed by atoms with E-state index in [1.165, 1.54) is 6.92 Å². The molecule has 0 amide bonds. The highest BCUT2D eigenvalue weighted by atomic mass is 16.6. The largest absolute Gasteiger partial charge is 0.444 e. The molecule has 132 valence electrons. The summed E-state index contributed by atoms with van der Waals surface area (Å²) in [4.78, 5) is 14.2. The van der Waals surface area contributed by atoms with Crippen molar-refractivity contribution in [2.45, 2.75) is 12.5 Å². The van der Waals surface area contributed by atoms with Crippen LogP contribution < -0.4 is 4.90 Å². The van der Waals surface area contributed by atoms with Gasteiger partial charge in [-0.3, -0.25) is 4.79 Å². The molecule has 0 saturated carbocycles. The van der Waals surface area contributed by atoms with Gasteiger partial charge in [0.25, 0.3) is 0 Å². The molecule has 0 unspecified atom stereocenters. The van der Waals surface area contributed by atoms with Crippen LogP contribution in [-0.4, -0.2) is 20.1 Å². The molecule has 0 atom stereocenters. The third kappa shape index (κ3) is 3.33. The Morgan fingerprint density at radius 1 is 0.731 bits per heavy atom. The van der Waals surface area contributed by atoms with Crippen LogP contribution in [0.3, 0.4) is 0 Å². The SMILES string of the molecule is CC(=O)OC(c1ccccc1)(c1ccccc1)c1ccc(N(C)C)cc1. The fraction of sp³-hybridized carbons (Fsp3) is 0.174. The van der Waals surface area contributed by atoms with E-state index < -0.39 is 5.60 Å². The minimum Gasteiger partial charge on any atom is -0.444 e. The highest BCUT2D eigenvalue weighted by Gasteiger charge is 2.39. The monoisotopic (exact) mass is 345 g/mol. The smallest absolute Gasteiger partial charge is 0.304 e. The molecule has 0 aliphatic carbocycles. The number of anilines is 1. The first-order valence-corrected chi connectivity index (χ1v) is 8.62. The van der Waals surface area contributed by atoms with Gasteiger partial charge in [0.2, 0.25) is 0 Å². The van der Waals surface area contributed by atoms with Gasteiger partial charge in [0.15, 0.2) is 5.60 Å². The van der Waals surface area contributed by atoms with Gasteiger partial charge >= 0.3 is 5.97 Å². The molecule has 0 N–H and O–H groups in total. The van der Waals surface area contributed by atoms with Gasteiger partial charge < -0.3 is 9.64 Å². The maximum atomic E-state index is 12.1. The van der Waals surface area contributed by atoms with Crippen molar-refractivity contribution in [2.75, 3.05) is 19.0 Å². The number of rotatable bonds is 5. The van der Waals surface area contributed by atoms with Crippen LogP contribution in [0.4, 0.5) is 5.69 Å². The van der Waals surface area contributed by atoms with Gasteiger partial charge in [-0.2, -0.15) is 0 Å². The van der Waals surface area contributed by atoms with Gasteiger partial charge in [0.05, 0.1) is 0 Å². The van der Waals surface area contributed by atoms with Crippen LogP contribution in [0.25, 0.3) is 0 Å². The second kappa shape index (κ2) is 7.44. The normalized spacial score (nSPS) is 11.0. The van der Waals surface area contributed by atoms with E-state index in [9.17, 15) is 4.79 Å². The van der Waals surface area contributed by atoms with Gasteiger partial charge in [-0.1, -0.05) is 72.8 Å². The molecule has 3 aromatic rings. The summed E-state index contributed by atoms with van der Waals surface area (Å²) in [6, 6.07) is 27.9. The molecule has 3 rings (SSSR count). The van der Waals surface area contributed by atoms with E-state index in [1.54, 1.807) is 0 Å². The number of carbonyl (C=O) groups is 1. The number of nitrogens with zero attached hydrogens (tertiary/aromatic N) is 1. The first-order chi connectivity index (χ1) is 12.5. The summed E-state index contributed by atoms with van der Waals surface area (Å²) in [5.41, 5.74) is 2.85. The van der Waals surface area contributed by atoms with E-state index in [2.05, 4.69) is 0 Å². The standard InChI is InChI=1S/C23H23NO2/c1-18(25)26-23(19-10-6-4-7-11-19,20-12-8-5-9-13-20)21-14-16-22(17-15-21)24(2)3/h4-17H,1-3H3. The Balaban J connectivity index is 2.28. The van der Waals surface area contributed by atoms with Gasteiger partial charge in [-0.15, -0.1) is 0 Å². The third-order valence-electron chi connectivity index (χ3n) is 4.45. The van der Waals surface area contributed by atoms with Crippen molar-refractivity contribution < 1.29 is 9.53 Å². The van der Waals surface area contributed by atoms with Crippen LogP contribution in [0.15, 0.2) is 84.9 Å². The predicted octanol–water partition coefficient (Wildman–Crippen LogP) is 4.61. The Labute approximate surface area is 154 Å². The summed E-state index contributed by atoms with van der Waals surface area (Å²) in [6.45, 7) is 1.45. The topological polar surface area (TPSA) is 29.5 Å². The zero-order valence-electron chi connectivity index (χ0n) is 15.3. The lowest BCUT2D eigenvalue weighted by molar-refractivity contribution is -0.150. The molecule has 0 aliphatic heterocycles. The van der Waals surface area contributed by atoms with Crippen LogP contribution in [-0.2, 0) is 15.1 Å². The minimum absolute atomic E-state index is 0.325. The van der Waals surface area contributed by atoms with Gasteiger partial charge in [0, 0.05) is 43.4 Å². The lowest BCUT2D eigenvalue weighted by atomic mass is 9.80. The Morgan fingerprint density at radius 3 is 1.54 bits per heavy atom. The second-order valence-corrected chi connectivity index (χ2v) is 6.45. The molecule has 0 aliphatic rings. The van der Waals surface area contributed by atoms with E-state index in [0.29, 0.717) is 0 Å². The van der Waals surface area contributed by atoms with E-state index >= 15 is 0 Å². The Morgan fingerprint density at radius 2 is 1.15 bits per heavy atom. The van der Waals surface area contributed by atoms with E-state index in [0.717, 1.165) is 22.4 Å². The van der Waals surface area contributed by atoms with Crippen molar-refractivity contribution in [1.29, 1.82) is 0 Å². The quantitative estimate of drug-likeness (QED) is 0.500. The molecule has 0 spiro atoms.